The Morgan fingerprint density at radius 3 is 2.83 bits per heavy atom. The molecule has 1 aromatic heterocycles. The second kappa shape index (κ2) is 4.95. The topological polar surface area (TPSA) is 46.9 Å². The Kier molecular flexibility index (Phi) is 3.36. The Hall–Kier alpha value is -2.24. The first-order chi connectivity index (χ1) is 8.58. The standard InChI is InChI=1S/C12H11F2N3O/c1-17-6-5-8(16-17)7-15-12(18)9-3-2-4-10(13)11(9)14/h2-6H,7H2,1H3,(H,15,18). The summed E-state index contributed by atoms with van der Waals surface area (Å²) in [6, 6.07) is 5.20. The number of rotatable bonds is 3. The number of hydrogen-bond donors (Lipinski definition) is 1. The van der Waals surface area contributed by atoms with Crippen molar-refractivity contribution in [1.29, 1.82) is 0 Å². The number of hydrogen-bond acceptors (Lipinski definition) is 2. The zero-order valence-corrected chi connectivity index (χ0v) is 9.65. The van der Waals surface area contributed by atoms with E-state index in [-0.39, 0.29) is 12.1 Å². The lowest BCUT2D eigenvalue weighted by atomic mass is 10.2. The van der Waals surface area contributed by atoms with E-state index in [0.29, 0.717) is 5.69 Å². The zero-order valence-electron chi connectivity index (χ0n) is 9.65. The molecule has 0 fully saturated rings. The Morgan fingerprint density at radius 1 is 1.39 bits per heavy atom. The molecule has 0 aliphatic rings. The molecule has 2 rings (SSSR count). The highest BCUT2D eigenvalue weighted by Crippen LogP contribution is 2.11. The van der Waals surface area contributed by atoms with Crippen molar-refractivity contribution in [3.05, 3.63) is 53.4 Å². The molecule has 1 aromatic carbocycles. The molecule has 0 atom stereocenters. The third-order valence-electron chi connectivity index (χ3n) is 2.40. The van der Waals surface area contributed by atoms with Crippen LogP contribution in [0.25, 0.3) is 0 Å². The van der Waals surface area contributed by atoms with E-state index in [1.807, 2.05) is 0 Å². The van der Waals surface area contributed by atoms with Gasteiger partial charge in [0, 0.05) is 13.2 Å². The number of nitrogens with one attached hydrogen (secondary N) is 1. The zero-order chi connectivity index (χ0) is 13.1. The lowest BCUT2D eigenvalue weighted by Crippen LogP contribution is -2.24. The average Bonchev–Trinajstić information content (AvgIpc) is 2.76. The molecule has 0 radical (unpaired) electrons. The maximum Gasteiger partial charge on any atom is 0.254 e. The van der Waals surface area contributed by atoms with Gasteiger partial charge in [0.15, 0.2) is 11.6 Å². The third-order valence-corrected chi connectivity index (χ3v) is 2.40. The van der Waals surface area contributed by atoms with Crippen LogP contribution in [0.4, 0.5) is 8.78 Å². The maximum absolute atomic E-state index is 13.3. The van der Waals surface area contributed by atoms with Crippen LogP contribution in [-0.4, -0.2) is 15.7 Å². The van der Waals surface area contributed by atoms with Crippen LogP contribution in [-0.2, 0) is 13.6 Å². The summed E-state index contributed by atoms with van der Waals surface area (Å²) in [6.07, 6.45) is 1.73. The molecule has 1 heterocycles. The molecule has 4 nitrogen and oxygen atoms in total. The molecule has 0 unspecified atom stereocenters. The van der Waals surface area contributed by atoms with Gasteiger partial charge in [0.05, 0.1) is 17.8 Å². The predicted octanol–water partition coefficient (Wildman–Crippen LogP) is 1.63. The van der Waals surface area contributed by atoms with Gasteiger partial charge in [-0.05, 0) is 18.2 Å². The SMILES string of the molecule is Cn1ccc(CNC(=O)c2cccc(F)c2F)n1. The second-order valence-electron chi connectivity index (χ2n) is 3.76. The van der Waals surface area contributed by atoms with E-state index in [2.05, 4.69) is 10.4 Å². The van der Waals surface area contributed by atoms with E-state index in [9.17, 15) is 13.6 Å². The van der Waals surface area contributed by atoms with Crippen LogP contribution in [0.3, 0.4) is 0 Å². The van der Waals surface area contributed by atoms with Crippen molar-refractivity contribution in [2.24, 2.45) is 7.05 Å². The van der Waals surface area contributed by atoms with E-state index in [0.717, 1.165) is 6.07 Å². The minimum atomic E-state index is -1.14. The highest BCUT2D eigenvalue weighted by Gasteiger charge is 2.14. The lowest BCUT2D eigenvalue weighted by Gasteiger charge is -2.04. The van der Waals surface area contributed by atoms with Gasteiger partial charge < -0.3 is 5.32 Å². The number of aromatic nitrogens is 2. The van der Waals surface area contributed by atoms with Crippen molar-refractivity contribution in [2.45, 2.75) is 6.54 Å². The van der Waals surface area contributed by atoms with Crippen LogP contribution in [0.2, 0.25) is 0 Å². The molecule has 1 amide bonds. The number of carbonyl (C=O) groups is 1. The van der Waals surface area contributed by atoms with Crippen LogP contribution in [0.1, 0.15) is 16.1 Å². The fourth-order valence-electron chi connectivity index (χ4n) is 1.50. The van der Waals surface area contributed by atoms with Crippen LogP contribution >= 0.6 is 0 Å². The van der Waals surface area contributed by atoms with Gasteiger partial charge in [-0.15, -0.1) is 0 Å². The summed E-state index contributed by atoms with van der Waals surface area (Å²) in [5.41, 5.74) is 0.327. The number of amides is 1. The Morgan fingerprint density at radius 2 is 2.17 bits per heavy atom. The van der Waals surface area contributed by atoms with Gasteiger partial charge in [-0.25, -0.2) is 8.78 Å². The molecular formula is C12H11F2N3O. The van der Waals surface area contributed by atoms with Crippen molar-refractivity contribution in [1.82, 2.24) is 15.1 Å². The first-order valence-corrected chi connectivity index (χ1v) is 5.28. The van der Waals surface area contributed by atoms with Crippen molar-refractivity contribution >= 4 is 5.91 Å². The van der Waals surface area contributed by atoms with Crippen molar-refractivity contribution in [3.8, 4) is 0 Å². The van der Waals surface area contributed by atoms with E-state index < -0.39 is 17.5 Å². The van der Waals surface area contributed by atoms with Gasteiger partial charge in [-0.1, -0.05) is 6.07 Å². The van der Waals surface area contributed by atoms with Gasteiger partial charge in [-0.3, -0.25) is 9.48 Å². The fourth-order valence-corrected chi connectivity index (χ4v) is 1.50. The molecule has 2 aromatic rings. The molecule has 18 heavy (non-hydrogen) atoms. The number of carbonyl (C=O) groups excluding carboxylic acids is 1. The summed E-state index contributed by atoms with van der Waals surface area (Å²) in [4.78, 5) is 11.6. The summed E-state index contributed by atoms with van der Waals surface area (Å²) in [5, 5.41) is 6.53. The Bertz CT molecular complexity index is 580. The average molecular weight is 251 g/mol. The summed E-state index contributed by atoms with van der Waals surface area (Å²) < 4.78 is 27.8. The molecule has 0 saturated carbocycles. The summed E-state index contributed by atoms with van der Waals surface area (Å²) in [5.74, 6) is -2.85. The summed E-state index contributed by atoms with van der Waals surface area (Å²) >= 11 is 0. The molecule has 94 valence electrons. The van der Waals surface area contributed by atoms with Crippen LogP contribution in [0, 0.1) is 11.6 Å². The van der Waals surface area contributed by atoms with E-state index in [4.69, 9.17) is 0 Å². The van der Waals surface area contributed by atoms with Crippen LogP contribution < -0.4 is 5.32 Å². The van der Waals surface area contributed by atoms with Crippen molar-refractivity contribution < 1.29 is 13.6 Å². The quantitative estimate of drug-likeness (QED) is 0.901. The molecular weight excluding hydrogens is 240 g/mol. The van der Waals surface area contributed by atoms with Crippen molar-refractivity contribution in [2.75, 3.05) is 0 Å². The van der Waals surface area contributed by atoms with E-state index in [1.54, 1.807) is 24.0 Å². The first-order valence-electron chi connectivity index (χ1n) is 5.28. The monoisotopic (exact) mass is 251 g/mol. The van der Waals surface area contributed by atoms with Crippen LogP contribution in [0.5, 0.6) is 0 Å². The number of benzene rings is 1. The molecule has 1 N–H and O–H groups in total. The number of aryl methyl sites for hydroxylation is 1. The van der Waals surface area contributed by atoms with E-state index in [1.165, 1.54) is 12.1 Å². The smallest absolute Gasteiger partial charge is 0.254 e. The lowest BCUT2D eigenvalue weighted by molar-refractivity contribution is 0.0945. The molecule has 0 aliphatic carbocycles. The fraction of sp³-hybridized carbons (Fsp3) is 0.167. The maximum atomic E-state index is 13.3. The normalized spacial score (nSPS) is 10.4. The number of nitrogens with zero attached hydrogens (tertiary/aromatic N) is 2. The third kappa shape index (κ3) is 2.53. The largest absolute Gasteiger partial charge is 0.346 e. The molecule has 0 spiro atoms. The Labute approximate surface area is 102 Å². The Balaban J connectivity index is 2.06. The van der Waals surface area contributed by atoms with Gasteiger partial charge in [-0.2, -0.15) is 5.10 Å². The molecule has 0 saturated heterocycles. The van der Waals surface area contributed by atoms with Crippen LogP contribution in [0.15, 0.2) is 30.5 Å². The highest BCUT2D eigenvalue weighted by molar-refractivity contribution is 5.94. The molecule has 0 aliphatic heterocycles. The highest BCUT2D eigenvalue weighted by atomic mass is 19.2. The number of halogens is 2. The second-order valence-corrected chi connectivity index (χ2v) is 3.76. The summed E-state index contributed by atoms with van der Waals surface area (Å²) in [6.45, 7) is 0.162. The van der Waals surface area contributed by atoms with Crippen molar-refractivity contribution in [3.63, 3.8) is 0 Å². The predicted molar refractivity (Wildman–Crippen MR) is 60.7 cm³/mol. The molecule has 6 heteroatoms. The van der Waals surface area contributed by atoms with Gasteiger partial charge >= 0.3 is 0 Å². The molecule has 0 bridgehead atoms. The van der Waals surface area contributed by atoms with Gasteiger partial charge in [0.2, 0.25) is 0 Å². The minimum Gasteiger partial charge on any atom is -0.346 e. The van der Waals surface area contributed by atoms with E-state index >= 15 is 0 Å². The van der Waals surface area contributed by atoms with Gasteiger partial charge in [0.25, 0.3) is 5.91 Å². The first kappa shape index (κ1) is 12.2. The van der Waals surface area contributed by atoms with Gasteiger partial charge in [0.1, 0.15) is 0 Å². The minimum absolute atomic E-state index is 0.162. The summed E-state index contributed by atoms with van der Waals surface area (Å²) in [7, 11) is 1.75.